The van der Waals surface area contributed by atoms with Crippen LogP contribution in [0.3, 0.4) is 0 Å². The van der Waals surface area contributed by atoms with Gasteiger partial charge >= 0.3 is 0 Å². The number of amides is 1. The molecular formula is C22H29FN6O. The highest BCUT2D eigenvalue weighted by Gasteiger charge is 2.25. The van der Waals surface area contributed by atoms with Crippen LogP contribution < -0.4 is 22.1 Å². The maximum atomic E-state index is 14.7. The summed E-state index contributed by atoms with van der Waals surface area (Å²) >= 11 is 0. The van der Waals surface area contributed by atoms with Crippen LogP contribution in [0.4, 0.5) is 21.7 Å². The van der Waals surface area contributed by atoms with E-state index < -0.39 is 11.7 Å². The van der Waals surface area contributed by atoms with E-state index in [1.807, 2.05) is 12.3 Å². The van der Waals surface area contributed by atoms with Gasteiger partial charge in [0.05, 0.1) is 17.4 Å². The van der Waals surface area contributed by atoms with Crippen molar-refractivity contribution in [2.75, 3.05) is 10.6 Å². The third-order valence-corrected chi connectivity index (χ3v) is 6.23. The number of nitrogens with zero attached hydrogens (tertiary/aromatic N) is 2. The number of halogens is 1. The zero-order valence-corrected chi connectivity index (χ0v) is 17.0. The number of carbonyl (C=O) groups is 1. The maximum absolute atomic E-state index is 14.7. The Kier molecular flexibility index (Phi) is 6.13. The molecule has 2 aromatic heterocycles. The molecule has 2 aliphatic rings. The first kappa shape index (κ1) is 20.5. The number of nitrogens with two attached hydrogens (primary N) is 2. The van der Waals surface area contributed by atoms with Crippen molar-refractivity contribution in [3.8, 4) is 0 Å². The van der Waals surface area contributed by atoms with E-state index in [1.165, 1.54) is 12.8 Å². The minimum absolute atomic E-state index is 0.00254. The summed E-state index contributed by atoms with van der Waals surface area (Å²) in [5, 5.41) is 6.25. The first-order chi connectivity index (χ1) is 14.5. The smallest absolute Gasteiger partial charge is 0.252 e. The molecule has 30 heavy (non-hydrogen) atoms. The van der Waals surface area contributed by atoms with Crippen LogP contribution in [0.5, 0.6) is 0 Å². The van der Waals surface area contributed by atoms with Crippen molar-refractivity contribution in [2.45, 2.75) is 69.4 Å². The minimum Gasteiger partial charge on any atom is -0.365 e. The van der Waals surface area contributed by atoms with Gasteiger partial charge in [-0.1, -0.05) is 25.7 Å². The molecule has 2 aromatic rings. The normalized spacial score (nSPS) is 22.1. The second-order valence-corrected chi connectivity index (χ2v) is 8.39. The van der Waals surface area contributed by atoms with Crippen molar-refractivity contribution in [1.82, 2.24) is 9.97 Å². The monoisotopic (exact) mass is 412 g/mol. The lowest BCUT2D eigenvalue weighted by molar-refractivity contribution is 0.100. The molecule has 2 atom stereocenters. The number of nitrogens with one attached hydrogen (secondary N) is 2. The molecule has 0 bridgehead atoms. The lowest BCUT2D eigenvalue weighted by Crippen LogP contribution is -2.43. The third-order valence-electron chi connectivity index (χ3n) is 6.23. The first-order valence-corrected chi connectivity index (χ1v) is 10.8. The number of aromatic nitrogens is 2. The summed E-state index contributed by atoms with van der Waals surface area (Å²) < 4.78 is 14.7. The van der Waals surface area contributed by atoms with Gasteiger partial charge in [0.15, 0.2) is 11.6 Å². The Morgan fingerprint density at radius 1 is 1.03 bits per heavy atom. The summed E-state index contributed by atoms with van der Waals surface area (Å²) in [7, 11) is 0. The van der Waals surface area contributed by atoms with Crippen molar-refractivity contribution in [1.29, 1.82) is 0 Å². The topological polar surface area (TPSA) is 119 Å². The highest BCUT2D eigenvalue weighted by molar-refractivity contribution is 5.98. The molecule has 0 radical (unpaired) electrons. The fraction of sp³-hybridized carbons (Fsp3) is 0.500. The standard InChI is InChI=1S/C22H29FN6O/c23-17-10-16(20(25)30)21(29-22(17)28-19-8-4-3-7-18(19)24)27-15-9-14(11-26-12-15)13-5-1-2-6-13/h9-13,18-19H,1-8,24H2,(H2,25,30)(H2,27,28,29)/t18-,19?/m0/s1. The van der Waals surface area contributed by atoms with Crippen LogP contribution in [0.1, 0.15) is 73.2 Å². The van der Waals surface area contributed by atoms with Crippen LogP contribution >= 0.6 is 0 Å². The molecule has 2 heterocycles. The Labute approximate surface area is 175 Å². The Morgan fingerprint density at radius 3 is 2.50 bits per heavy atom. The fourth-order valence-electron chi connectivity index (χ4n) is 4.53. The van der Waals surface area contributed by atoms with E-state index in [0.717, 1.165) is 50.2 Å². The molecule has 0 aliphatic heterocycles. The molecule has 1 unspecified atom stereocenters. The van der Waals surface area contributed by atoms with Crippen LogP contribution in [0.25, 0.3) is 0 Å². The highest BCUT2D eigenvalue weighted by atomic mass is 19.1. The van der Waals surface area contributed by atoms with Crippen molar-refractivity contribution in [2.24, 2.45) is 11.5 Å². The van der Waals surface area contributed by atoms with E-state index >= 15 is 0 Å². The summed E-state index contributed by atoms with van der Waals surface area (Å²) in [6.45, 7) is 0. The van der Waals surface area contributed by atoms with Crippen molar-refractivity contribution in [3.05, 3.63) is 41.5 Å². The van der Waals surface area contributed by atoms with Crippen molar-refractivity contribution in [3.63, 3.8) is 0 Å². The van der Waals surface area contributed by atoms with Gasteiger partial charge in [-0.3, -0.25) is 9.78 Å². The fourth-order valence-corrected chi connectivity index (χ4v) is 4.53. The van der Waals surface area contributed by atoms with Crippen molar-refractivity contribution >= 4 is 23.2 Å². The summed E-state index contributed by atoms with van der Waals surface area (Å²) in [5.41, 5.74) is 13.5. The van der Waals surface area contributed by atoms with E-state index in [2.05, 4.69) is 20.6 Å². The van der Waals surface area contributed by atoms with Crippen LogP contribution in [0.2, 0.25) is 0 Å². The molecule has 0 spiro atoms. The van der Waals surface area contributed by atoms with Crippen LogP contribution in [-0.2, 0) is 0 Å². The number of pyridine rings is 2. The summed E-state index contributed by atoms with van der Waals surface area (Å²) in [6, 6.07) is 3.03. The Morgan fingerprint density at radius 2 is 1.77 bits per heavy atom. The Hall–Kier alpha value is -2.74. The third kappa shape index (κ3) is 4.53. The average molecular weight is 413 g/mol. The van der Waals surface area contributed by atoms with E-state index in [0.29, 0.717) is 11.6 Å². The molecule has 0 aromatic carbocycles. The molecule has 7 nitrogen and oxygen atoms in total. The number of hydrogen-bond donors (Lipinski definition) is 4. The summed E-state index contributed by atoms with van der Waals surface area (Å²) in [5.74, 6) is -0.582. The largest absolute Gasteiger partial charge is 0.365 e. The van der Waals surface area contributed by atoms with Crippen LogP contribution in [0, 0.1) is 5.82 Å². The quantitative estimate of drug-likeness (QED) is 0.573. The van der Waals surface area contributed by atoms with Gasteiger partial charge < -0.3 is 22.1 Å². The highest BCUT2D eigenvalue weighted by Crippen LogP contribution is 2.35. The molecule has 8 heteroatoms. The predicted molar refractivity (Wildman–Crippen MR) is 115 cm³/mol. The van der Waals surface area contributed by atoms with E-state index in [-0.39, 0.29) is 29.3 Å². The molecule has 4 rings (SSSR count). The molecule has 2 aliphatic carbocycles. The van der Waals surface area contributed by atoms with Gasteiger partial charge in [0.1, 0.15) is 5.82 Å². The second-order valence-electron chi connectivity index (χ2n) is 8.39. The van der Waals surface area contributed by atoms with Gasteiger partial charge in [-0.2, -0.15) is 0 Å². The van der Waals surface area contributed by atoms with Gasteiger partial charge in [0.2, 0.25) is 0 Å². The Bertz CT molecular complexity index is 914. The summed E-state index contributed by atoms with van der Waals surface area (Å²) in [4.78, 5) is 20.6. The van der Waals surface area contributed by atoms with Gasteiger partial charge in [0.25, 0.3) is 5.91 Å². The van der Waals surface area contributed by atoms with Gasteiger partial charge in [-0.25, -0.2) is 9.37 Å². The molecule has 6 N–H and O–H groups in total. The predicted octanol–water partition coefficient (Wildman–Crippen LogP) is 3.80. The lowest BCUT2D eigenvalue weighted by atomic mass is 9.91. The van der Waals surface area contributed by atoms with Gasteiger partial charge in [-0.05, 0) is 49.3 Å². The van der Waals surface area contributed by atoms with E-state index in [9.17, 15) is 9.18 Å². The maximum Gasteiger partial charge on any atom is 0.252 e. The molecule has 160 valence electrons. The summed E-state index contributed by atoms with van der Waals surface area (Å²) in [6.07, 6.45) is 12.2. The number of carbonyl (C=O) groups excluding carboxylic acids is 1. The number of primary amides is 1. The zero-order valence-electron chi connectivity index (χ0n) is 17.0. The molecular weight excluding hydrogens is 383 g/mol. The average Bonchev–Trinajstić information content (AvgIpc) is 3.27. The number of anilines is 3. The number of hydrogen-bond acceptors (Lipinski definition) is 6. The molecule has 2 saturated carbocycles. The lowest BCUT2D eigenvalue weighted by Gasteiger charge is -2.30. The molecule has 0 saturated heterocycles. The second kappa shape index (κ2) is 8.95. The van der Waals surface area contributed by atoms with Gasteiger partial charge in [0, 0.05) is 18.3 Å². The minimum atomic E-state index is -0.746. The van der Waals surface area contributed by atoms with Crippen LogP contribution in [0.15, 0.2) is 24.5 Å². The van der Waals surface area contributed by atoms with E-state index in [1.54, 1.807) is 6.20 Å². The first-order valence-electron chi connectivity index (χ1n) is 10.8. The van der Waals surface area contributed by atoms with Gasteiger partial charge in [-0.15, -0.1) is 0 Å². The molecule has 2 fully saturated rings. The van der Waals surface area contributed by atoms with Crippen LogP contribution in [-0.4, -0.2) is 28.0 Å². The SMILES string of the molecule is NC(=O)c1cc(F)c(NC2CCCC[C@@H]2N)nc1Nc1cncc(C2CCCC2)c1. The Balaban J connectivity index is 1.61. The number of rotatable bonds is 6. The zero-order chi connectivity index (χ0) is 21.1. The van der Waals surface area contributed by atoms with Crippen molar-refractivity contribution < 1.29 is 9.18 Å². The van der Waals surface area contributed by atoms with E-state index in [4.69, 9.17) is 11.5 Å². The molecule has 1 amide bonds.